The van der Waals surface area contributed by atoms with Crippen molar-refractivity contribution >= 4 is 17.2 Å². The third-order valence-corrected chi connectivity index (χ3v) is 5.98. The van der Waals surface area contributed by atoms with E-state index in [0.717, 1.165) is 17.2 Å². The van der Waals surface area contributed by atoms with Crippen molar-refractivity contribution in [2.45, 2.75) is 52.1 Å². The van der Waals surface area contributed by atoms with Crippen LogP contribution in [0.15, 0.2) is 0 Å². The van der Waals surface area contributed by atoms with Crippen LogP contribution in [0.2, 0.25) is 0 Å². The van der Waals surface area contributed by atoms with Gasteiger partial charge in [0.1, 0.15) is 0 Å². The molecule has 110 valence electrons. The highest BCUT2D eigenvalue weighted by molar-refractivity contribution is 7.11. The van der Waals surface area contributed by atoms with Gasteiger partial charge in [-0.2, -0.15) is 0 Å². The van der Waals surface area contributed by atoms with Gasteiger partial charge in [-0.05, 0) is 52.0 Å². The van der Waals surface area contributed by atoms with E-state index >= 15 is 0 Å². The molecule has 5 heteroatoms. The normalized spacial score (nSPS) is 30.2. The lowest BCUT2D eigenvalue weighted by molar-refractivity contribution is -0.124. The Hall–Kier alpha value is -0.940. The summed E-state index contributed by atoms with van der Waals surface area (Å²) in [7, 11) is 0. The number of rotatable bonds is 3. The summed E-state index contributed by atoms with van der Waals surface area (Å²) in [4.78, 5) is 18.1. The number of carbonyl (C=O) groups is 1. The van der Waals surface area contributed by atoms with E-state index in [-0.39, 0.29) is 18.0 Å². The Kier molecular flexibility index (Phi) is 3.82. The van der Waals surface area contributed by atoms with Gasteiger partial charge in [-0.3, -0.25) is 4.79 Å². The molecule has 4 unspecified atom stereocenters. The van der Waals surface area contributed by atoms with Crippen LogP contribution in [0.3, 0.4) is 0 Å². The molecule has 4 nitrogen and oxygen atoms in total. The van der Waals surface area contributed by atoms with Crippen LogP contribution in [0.1, 0.15) is 47.8 Å². The zero-order valence-corrected chi connectivity index (χ0v) is 13.2. The maximum Gasteiger partial charge on any atom is 0.237 e. The second-order valence-electron chi connectivity index (χ2n) is 6.15. The van der Waals surface area contributed by atoms with Crippen LogP contribution in [-0.2, 0) is 4.79 Å². The molecular formula is C15H23N3OS. The highest BCUT2D eigenvalue weighted by Crippen LogP contribution is 2.38. The summed E-state index contributed by atoms with van der Waals surface area (Å²) in [5.41, 5.74) is 1.04. The van der Waals surface area contributed by atoms with Gasteiger partial charge in [-0.25, -0.2) is 4.98 Å². The van der Waals surface area contributed by atoms with Gasteiger partial charge in [0.05, 0.1) is 22.8 Å². The van der Waals surface area contributed by atoms with E-state index in [4.69, 9.17) is 0 Å². The number of nitrogens with one attached hydrogen (secondary N) is 2. The smallest absolute Gasteiger partial charge is 0.237 e. The van der Waals surface area contributed by atoms with Gasteiger partial charge in [0.2, 0.25) is 5.91 Å². The fourth-order valence-electron chi connectivity index (χ4n) is 3.79. The molecule has 2 aliphatic rings. The Morgan fingerprint density at radius 1 is 1.45 bits per heavy atom. The van der Waals surface area contributed by atoms with Crippen molar-refractivity contribution in [1.29, 1.82) is 0 Å². The molecule has 1 saturated carbocycles. The van der Waals surface area contributed by atoms with Crippen molar-refractivity contribution in [3.8, 4) is 0 Å². The fourth-order valence-corrected chi connectivity index (χ4v) is 4.72. The van der Waals surface area contributed by atoms with Gasteiger partial charge < -0.3 is 10.6 Å². The highest BCUT2D eigenvalue weighted by atomic mass is 32.1. The number of aromatic nitrogens is 1. The number of aryl methyl sites for hydroxylation is 2. The van der Waals surface area contributed by atoms with E-state index in [2.05, 4.69) is 22.5 Å². The lowest BCUT2D eigenvalue weighted by Crippen LogP contribution is -2.44. The van der Waals surface area contributed by atoms with E-state index in [1.807, 2.05) is 13.8 Å². The van der Waals surface area contributed by atoms with Crippen molar-refractivity contribution in [3.05, 3.63) is 15.6 Å². The summed E-state index contributed by atoms with van der Waals surface area (Å²) in [6.07, 6.45) is 3.76. The quantitative estimate of drug-likeness (QED) is 0.899. The molecule has 2 N–H and O–H groups in total. The van der Waals surface area contributed by atoms with Crippen LogP contribution in [0.4, 0.5) is 0 Å². The molecule has 2 heterocycles. The SMILES string of the molecule is Cc1nc(C)c(C(C)NC(=O)C2NCC3CCCC32)s1. The molecule has 1 aromatic heterocycles. The predicted molar refractivity (Wildman–Crippen MR) is 80.8 cm³/mol. The van der Waals surface area contributed by atoms with Crippen molar-refractivity contribution in [2.24, 2.45) is 11.8 Å². The van der Waals surface area contributed by atoms with E-state index in [0.29, 0.717) is 11.8 Å². The minimum Gasteiger partial charge on any atom is -0.347 e. The van der Waals surface area contributed by atoms with Gasteiger partial charge in [0, 0.05) is 4.88 Å². The van der Waals surface area contributed by atoms with Gasteiger partial charge in [0.25, 0.3) is 0 Å². The number of fused-ring (bicyclic) bond motifs is 1. The van der Waals surface area contributed by atoms with Gasteiger partial charge in [0.15, 0.2) is 0 Å². The molecule has 0 radical (unpaired) electrons. The van der Waals surface area contributed by atoms with Gasteiger partial charge in [-0.1, -0.05) is 6.42 Å². The fraction of sp³-hybridized carbons (Fsp3) is 0.733. The number of amides is 1. The molecule has 3 rings (SSSR count). The minimum absolute atomic E-state index is 0.0132. The summed E-state index contributed by atoms with van der Waals surface area (Å²) in [5.74, 6) is 1.43. The van der Waals surface area contributed by atoms with E-state index in [9.17, 15) is 4.79 Å². The van der Waals surface area contributed by atoms with Crippen LogP contribution in [-0.4, -0.2) is 23.5 Å². The van der Waals surface area contributed by atoms with E-state index in [1.165, 1.54) is 24.1 Å². The second kappa shape index (κ2) is 5.45. The molecule has 1 saturated heterocycles. The van der Waals surface area contributed by atoms with Crippen LogP contribution in [0, 0.1) is 25.7 Å². The highest BCUT2D eigenvalue weighted by Gasteiger charge is 2.42. The molecule has 0 spiro atoms. The summed E-state index contributed by atoms with van der Waals surface area (Å²) < 4.78 is 0. The Morgan fingerprint density at radius 2 is 2.25 bits per heavy atom. The van der Waals surface area contributed by atoms with Gasteiger partial charge >= 0.3 is 0 Å². The first kappa shape index (κ1) is 14.0. The molecule has 20 heavy (non-hydrogen) atoms. The second-order valence-corrected chi connectivity index (χ2v) is 7.39. The molecule has 1 aromatic rings. The number of carbonyl (C=O) groups excluding carboxylic acids is 1. The van der Waals surface area contributed by atoms with Crippen LogP contribution >= 0.6 is 11.3 Å². The molecule has 2 fully saturated rings. The maximum absolute atomic E-state index is 12.5. The zero-order chi connectivity index (χ0) is 14.3. The van der Waals surface area contributed by atoms with Crippen LogP contribution in [0.5, 0.6) is 0 Å². The van der Waals surface area contributed by atoms with Crippen LogP contribution in [0.25, 0.3) is 0 Å². The number of hydrogen-bond donors (Lipinski definition) is 2. The Morgan fingerprint density at radius 3 is 2.95 bits per heavy atom. The maximum atomic E-state index is 12.5. The number of hydrogen-bond acceptors (Lipinski definition) is 4. The van der Waals surface area contributed by atoms with Crippen molar-refractivity contribution in [1.82, 2.24) is 15.6 Å². The van der Waals surface area contributed by atoms with Gasteiger partial charge in [-0.15, -0.1) is 11.3 Å². The van der Waals surface area contributed by atoms with Crippen LogP contribution < -0.4 is 10.6 Å². The monoisotopic (exact) mass is 293 g/mol. The molecule has 1 amide bonds. The molecule has 0 aromatic carbocycles. The van der Waals surface area contributed by atoms with E-state index in [1.54, 1.807) is 11.3 Å². The third kappa shape index (κ3) is 2.49. The molecular weight excluding hydrogens is 270 g/mol. The topological polar surface area (TPSA) is 54.0 Å². The first-order chi connectivity index (χ1) is 9.56. The summed E-state index contributed by atoms with van der Waals surface area (Å²) in [5, 5.41) is 7.65. The van der Waals surface area contributed by atoms with Crippen molar-refractivity contribution in [2.75, 3.05) is 6.54 Å². The lowest BCUT2D eigenvalue weighted by Gasteiger charge is -2.20. The zero-order valence-electron chi connectivity index (χ0n) is 12.4. The Balaban J connectivity index is 1.65. The average Bonchev–Trinajstić information content (AvgIpc) is 3.03. The average molecular weight is 293 g/mol. The Labute approximate surface area is 124 Å². The molecule has 0 bridgehead atoms. The summed E-state index contributed by atoms with van der Waals surface area (Å²) >= 11 is 1.68. The first-order valence-electron chi connectivity index (χ1n) is 7.54. The molecule has 1 aliphatic heterocycles. The summed E-state index contributed by atoms with van der Waals surface area (Å²) in [6, 6.07) is 0.0650. The standard InChI is InChI=1S/C15H23N3OS/c1-8-14(20-10(3)17-8)9(2)18-15(19)13-12-6-4-5-11(12)7-16-13/h9,11-13,16H,4-7H2,1-3H3,(H,18,19). The van der Waals surface area contributed by atoms with E-state index < -0.39 is 0 Å². The Bertz CT molecular complexity index is 513. The summed E-state index contributed by atoms with van der Waals surface area (Å²) in [6.45, 7) is 7.09. The first-order valence-corrected chi connectivity index (χ1v) is 8.35. The number of nitrogens with zero attached hydrogens (tertiary/aromatic N) is 1. The largest absolute Gasteiger partial charge is 0.347 e. The minimum atomic E-state index is 0.0132. The number of thiazole rings is 1. The lowest BCUT2D eigenvalue weighted by atomic mass is 9.93. The predicted octanol–water partition coefficient (Wildman–Crippen LogP) is 2.33. The van der Waals surface area contributed by atoms with Crippen molar-refractivity contribution in [3.63, 3.8) is 0 Å². The molecule has 4 atom stereocenters. The molecule has 1 aliphatic carbocycles. The third-order valence-electron chi connectivity index (χ3n) is 4.72. The van der Waals surface area contributed by atoms with Crippen molar-refractivity contribution < 1.29 is 4.79 Å².